The van der Waals surface area contributed by atoms with Gasteiger partial charge in [0, 0.05) is 23.7 Å². The standard InChI is InChI=1S/C19H23NO3.C18H20N4O3.C13H17NO5.C10H16O2.C9H15NO2.CH4.ClH/c1-12(14-8-15-10-16(15)9-14)18(21)20-17(11-23-19(20)22)7-13-5-3-2-4-6-13;19-21-20-16(14-8-12-7-13(12)9-14)17(23)22-15(10-25-18(22)24)6-11-4-2-1-3-5-11;1-2-3-4-5-9-8-10(9)18-13(17)19-14-11(15)6-7-12(14)16;1-6(10(11)12-2)7-3-8-5-9(8)4-7;1-12-9(11)8(10)7-3-5-2-6(5)4-7;;/h2-6,12,14-17H,7-11H2,1H3;1-5,12-16H,6-10H2;2,9-10H,1,3-8H2;6-9H,3-5H2,1-2H3;5-8H,2-4,10H2,1H3;1H4;1H/t12-,14?,15-,16+,17-;12-,13+,14?,15-,16-;9-,10-;6-,7?,8-,9+;5-,6+,7?,8-;;/m00100../s1. The van der Waals surface area contributed by atoms with Gasteiger partial charge in [-0.1, -0.05) is 98.2 Å². The van der Waals surface area contributed by atoms with Crippen LogP contribution in [0.5, 0.6) is 0 Å². The van der Waals surface area contributed by atoms with Crippen molar-refractivity contribution in [1.29, 1.82) is 0 Å². The number of rotatable bonds is 19. The molecule has 2 aromatic carbocycles. The zero-order chi connectivity index (χ0) is 64.6. The van der Waals surface area contributed by atoms with Gasteiger partial charge in [0.05, 0.1) is 32.2 Å². The van der Waals surface area contributed by atoms with Crippen molar-refractivity contribution in [2.24, 2.45) is 99.6 Å². The third-order valence-electron chi connectivity index (χ3n) is 21.6. The fourth-order valence-electron chi connectivity index (χ4n) is 15.7. The average molecular weight is 1310 g/mol. The smallest absolute Gasteiger partial charge is 0.469 e. The molecule has 9 saturated carbocycles. The number of benzene rings is 2. The first-order chi connectivity index (χ1) is 43.9. The molecule has 0 spiro atoms. The van der Waals surface area contributed by atoms with Crippen LogP contribution in [0, 0.1) is 88.8 Å². The van der Waals surface area contributed by atoms with Crippen LogP contribution in [-0.2, 0) is 70.1 Å². The van der Waals surface area contributed by atoms with E-state index in [9.17, 15) is 43.2 Å². The van der Waals surface area contributed by atoms with Crippen molar-refractivity contribution in [2.45, 2.75) is 180 Å². The number of hydrogen-bond donors (Lipinski definition) is 1. The molecule has 12 aliphatic rings. The van der Waals surface area contributed by atoms with Gasteiger partial charge < -0.3 is 29.4 Å². The van der Waals surface area contributed by atoms with Gasteiger partial charge in [0.1, 0.15) is 31.4 Å². The molecule has 20 atom stereocenters. The fourth-order valence-corrected chi connectivity index (χ4v) is 15.7. The summed E-state index contributed by atoms with van der Waals surface area (Å²) in [5, 5.41) is 4.26. The number of fused-ring (bicyclic) bond motifs is 4. The molecule has 14 rings (SSSR count). The molecule has 3 aliphatic heterocycles. The van der Waals surface area contributed by atoms with Crippen LogP contribution < -0.4 is 5.73 Å². The summed E-state index contributed by atoms with van der Waals surface area (Å²) in [6, 6.07) is 18.0. The Bertz CT molecular complexity index is 2940. The van der Waals surface area contributed by atoms with Gasteiger partial charge in [0.15, 0.2) is 0 Å². The van der Waals surface area contributed by atoms with E-state index in [0.717, 1.165) is 111 Å². The van der Waals surface area contributed by atoms with E-state index >= 15 is 0 Å². The minimum atomic E-state index is -0.972. The summed E-state index contributed by atoms with van der Waals surface area (Å²) in [6.45, 7) is 8.12. The topological polar surface area (TPSA) is 294 Å². The zero-order valence-electron chi connectivity index (χ0n) is 53.5. The number of esters is 2. The molecule has 93 heavy (non-hydrogen) atoms. The molecule has 22 nitrogen and oxygen atoms in total. The number of carbonyl (C=O) groups excluding carboxylic acids is 9. The molecular formula is C70H96ClN7O15. The number of carbonyl (C=O) groups is 9. The Hall–Kier alpha value is -7.03. The third kappa shape index (κ3) is 18.5. The van der Waals surface area contributed by atoms with Gasteiger partial charge in [-0.05, 0) is 209 Å². The number of nitrogens with zero attached hydrogens (tertiary/aromatic N) is 6. The van der Waals surface area contributed by atoms with Crippen molar-refractivity contribution in [2.75, 3.05) is 27.4 Å². The Labute approximate surface area is 552 Å². The highest BCUT2D eigenvalue weighted by Crippen LogP contribution is 2.58. The SMILES string of the molecule is C.C=CCCC[C@@H]1C[C@H]1OC(=O)ON1C(=O)CCC1=O.COC(=O)[C@@H](C)C1C[C@@H]2C[C@@H]2C1.COC(=O)[C@@H](N)C1C[C@@H]2C[C@@H]2C1.C[C@H](C(=O)N1C(=O)OC[C@@H]1Cc1ccccc1)C1C[C@@H]2C[C@@H]2C1.Cl.[N-]=[N+]=N[C@H](C(=O)N1C(=O)OC[C@@H]1Cc1ccccc1)C1C[C@@H]2C[C@@H]2C1. The number of cyclic esters (lactones) is 2. The molecule has 0 bridgehead atoms. The second-order valence-electron chi connectivity index (χ2n) is 27.8. The zero-order valence-corrected chi connectivity index (χ0v) is 54.3. The van der Waals surface area contributed by atoms with Crippen molar-refractivity contribution in [3.63, 3.8) is 0 Å². The van der Waals surface area contributed by atoms with E-state index in [-0.39, 0.29) is 99.1 Å². The van der Waals surface area contributed by atoms with E-state index < -0.39 is 42.1 Å². The monoisotopic (exact) mass is 1310 g/mol. The number of nitrogens with two attached hydrogens (primary N) is 1. The number of hydroxylamine groups is 2. The molecule has 3 saturated heterocycles. The lowest BCUT2D eigenvalue weighted by Crippen LogP contribution is -2.47. The third-order valence-corrected chi connectivity index (χ3v) is 21.6. The molecule has 2 aromatic rings. The molecule has 9 aliphatic carbocycles. The lowest BCUT2D eigenvalue weighted by Gasteiger charge is -2.26. The van der Waals surface area contributed by atoms with E-state index in [2.05, 4.69) is 26.2 Å². The molecule has 0 radical (unpaired) electrons. The summed E-state index contributed by atoms with van der Waals surface area (Å²) in [7, 11) is 2.88. The summed E-state index contributed by atoms with van der Waals surface area (Å²) in [6.07, 6.45) is 19.1. The molecule has 508 valence electrons. The van der Waals surface area contributed by atoms with Crippen LogP contribution in [0.15, 0.2) is 78.4 Å². The number of allylic oxidation sites excluding steroid dienone is 1. The first-order valence-electron chi connectivity index (χ1n) is 33.2. The largest absolute Gasteiger partial charge is 0.534 e. The van der Waals surface area contributed by atoms with Crippen LogP contribution in [0.4, 0.5) is 14.4 Å². The number of imide groups is 3. The van der Waals surface area contributed by atoms with Crippen molar-refractivity contribution >= 4 is 66.3 Å². The van der Waals surface area contributed by atoms with Crippen LogP contribution in [0.1, 0.15) is 148 Å². The van der Waals surface area contributed by atoms with Gasteiger partial charge in [-0.2, -0.15) is 0 Å². The maximum atomic E-state index is 13.0. The number of methoxy groups -OCH3 is 2. The highest BCUT2D eigenvalue weighted by atomic mass is 35.5. The maximum absolute atomic E-state index is 13.0. The van der Waals surface area contributed by atoms with Gasteiger partial charge in [0.2, 0.25) is 11.8 Å². The minimum absolute atomic E-state index is 0. The van der Waals surface area contributed by atoms with Crippen molar-refractivity contribution in [1.82, 2.24) is 14.9 Å². The maximum Gasteiger partial charge on any atom is 0.534 e. The molecular weight excluding hydrogens is 1210 g/mol. The summed E-state index contributed by atoms with van der Waals surface area (Å²) < 4.78 is 24.7. The van der Waals surface area contributed by atoms with Crippen LogP contribution in [0.25, 0.3) is 10.4 Å². The van der Waals surface area contributed by atoms with Gasteiger partial charge >= 0.3 is 30.3 Å². The average Bonchev–Trinajstić information content (AvgIpc) is 1.66. The van der Waals surface area contributed by atoms with Gasteiger partial charge in [-0.15, -0.1) is 19.0 Å². The van der Waals surface area contributed by atoms with Gasteiger partial charge in [-0.25, -0.2) is 24.2 Å². The fraction of sp³-hybridized carbons (Fsp3) is 0.671. The molecule has 3 heterocycles. The van der Waals surface area contributed by atoms with Gasteiger partial charge in [-0.3, -0.25) is 33.6 Å². The van der Waals surface area contributed by atoms with Crippen LogP contribution in [0.3, 0.4) is 0 Å². The Morgan fingerprint density at radius 1 is 0.634 bits per heavy atom. The highest BCUT2D eigenvalue weighted by Gasteiger charge is 2.54. The summed E-state index contributed by atoms with van der Waals surface area (Å²) in [4.78, 5) is 116. The first-order valence-corrected chi connectivity index (χ1v) is 33.2. The molecule has 6 amide bonds. The lowest BCUT2D eigenvalue weighted by molar-refractivity contribution is -0.177. The van der Waals surface area contributed by atoms with E-state index in [0.29, 0.717) is 60.0 Å². The van der Waals surface area contributed by atoms with E-state index in [1.165, 1.54) is 62.5 Å². The summed E-state index contributed by atoms with van der Waals surface area (Å²) in [5.41, 5.74) is 16.8. The second kappa shape index (κ2) is 32.4. The molecule has 2 N–H and O–H groups in total. The Morgan fingerprint density at radius 3 is 1.51 bits per heavy atom. The normalized spacial score (nSPS) is 32.2. The molecule has 12 fully saturated rings. The van der Waals surface area contributed by atoms with Crippen molar-refractivity contribution in [3.05, 3.63) is 94.9 Å². The number of hydrogen-bond acceptors (Lipinski definition) is 17. The number of amides is 6. The predicted octanol–water partition coefficient (Wildman–Crippen LogP) is 11.9. The van der Waals surface area contributed by atoms with Crippen LogP contribution >= 0.6 is 12.4 Å². The summed E-state index contributed by atoms with van der Waals surface area (Å²) in [5.74, 6) is 6.88. The molecule has 23 heteroatoms. The van der Waals surface area contributed by atoms with E-state index in [1.54, 1.807) is 0 Å². The highest BCUT2D eigenvalue weighted by molar-refractivity contribution is 6.01. The van der Waals surface area contributed by atoms with Crippen LogP contribution in [0.2, 0.25) is 0 Å². The Kier molecular flexibility index (Phi) is 25.0. The Morgan fingerprint density at radius 2 is 1.06 bits per heavy atom. The van der Waals surface area contributed by atoms with Crippen molar-refractivity contribution < 1.29 is 71.7 Å². The predicted molar refractivity (Wildman–Crippen MR) is 343 cm³/mol. The molecule has 0 aromatic heterocycles. The quantitative estimate of drug-likeness (QED) is 0.0200. The first kappa shape index (κ1) is 71.8. The van der Waals surface area contributed by atoms with E-state index in [1.807, 2.05) is 80.6 Å². The van der Waals surface area contributed by atoms with Crippen LogP contribution in [-0.4, -0.2) is 126 Å². The Balaban J connectivity index is 0.000000153. The number of halogens is 1. The van der Waals surface area contributed by atoms with Crippen molar-refractivity contribution in [3.8, 4) is 0 Å². The van der Waals surface area contributed by atoms with E-state index in [4.69, 9.17) is 30.2 Å². The lowest BCUT2D eigenvalue weighted by atomic mass is 9.88. The number of ether oxygens (including phenoxy) is 5. The number of unbranched alkanes of at least 4 members (excludes halogenated alkanes) is 1. The molecule has 4 unspecified atom stereocenters. The number of azide groups is 1. The second-order valence-corrected chi connectivity index (χ2v) is 27.8. The minimum Gasteiger partial charge on any atom is -0.469 e. The van der Waals surface area contributed by atoms with Gasteiger partial charge in [0.25, 0.3) is 11.8 Å². The summed E-state index contributed by atoms with van der Waals surface area (Å²) >= 11 is 0.